The van der Waals surface area contributed by atoms with Crippen molar-refractivity contribution in [1.29, 1.82) is 0 Å². The summed E-state index contributed by atoms with van der Waals surface area (Å²) < 4.78 is 0. The predicted molar refractivity (Wildman–Crippen MR) is 83.7 cm³/mol. The maximum absolute atomic E-state index is 6.02. The third-order valence-electron chi connectivity index (χ3n) is 4.49. The molecule has 0 aliphatic heterocycles. The second-order valence-corrected chi connectivity index (χ2v) is 6.59. The highest BCUT2D eigenvalue weighted by Crippen LogP contribution is 2.45. The van der Waals surface area contributed by atoms with Gasteiger partial charge < -0.3 is 5.32 Å². The minimum atomic E-state index is 0.390. The summed E-state index contributed by atoms with van der Waals surface area (Å²) in [6.45, 7) is 5.77. The van der Waals surface area contributed by atoms with E-state index in [4.69, 9.17) is 11.6 Å². The molecule has 1 N–H and O–H groups in total. The first-order valence-electron chi connectivity index (χ1n) is 7.64. The van der Waals surface area contributed by atoms with Crippen LogP contribution in [0, 0.1) is 5.41 Å². The van der Waals surface area contributed by atoms with E-state index in [0.29, 0.717) is 11.5 Å². The highest BCUT2D eigenvalue weighted by atomic mass is 35.5. The summed E-state index contributed by atoms with van der Waals surface area (Å²) in [7, 11) is 0. The van der Waals surface area contributed by atoms with Crippen molar-refractivity contribution in [2.45, 2.75) is 58.4 Å². The van der Waals surface area contributed by atoms with Crippen molar-refractivity contribution in [3.63, 3.8) is 0 Å². The largest absolute Gasteiger partial charge is 0.309 e. The Bertz CT molecular complexity index is 379. The van der Waals surface area contributed by atoms with Gasteiger partial charge in [0.05, 0.1) is 0 Å². The zero-order valence-corrected chi connectivity index (χ0v) is 13.0. The molecule has 0 saturated heterocycles. The lowest BCUT2D eigenvalue weighted by Gasteiger charge is -2.41. The quantitative estimate of drug-likeness (QED) is 0.766. The fourth-order valence-electron chi connectivity index (χ4n) is 3.36. The molecule has 106 valence electrons. The van der Waals surface area contributed by atoms with E-state index < -0.39 is 0 Å². The molecule has 1 saturated carbocycles. The lowest BCUT2D eigenvalue weighted by molar-refractivity contribution is 0.145. The molecule has 1 atom stereocenters. The standard InChI is InChI=1S/C17H26ClN/c1-3-13-19-16(14-7-9-15(18)10-8-14)17(2)11-5-4-6-12-17/h7-10,16,19H,3-6,11-13H2,1-2H3. The Morgan fingerprint density at radius 1 is 1.16 bits per heavy atom. The predicted octanol–water partition coefficient (Wildman–Crippen LogP) is 5.35. The van der Waals surface area contributed by atoms with Crippen LogP contribution in [0.5, 0.6) is 0 Å². The summed E-state index contributed by atoms with van der Waals surface area (Å²) in [4.78, 5) is 0. The summed E-state index contributed by atoms with van der Waals surface area (Å²) in [6, 6.07) is 8.88. The molecule has 1 nitrogen and oxygen atoms in total. The molecule has 0 radical (unpaired) electrons. The van der Waals surface area contributed by atoms with Gasteiger partial charge in [-0.05, 0) is 48.9 Å². The summed E-state index contributed by atoms with van der Waals surface area (Å²) >= 11 is 6.02. The molecule has 2 heteroatoms. The number of halogens is 1. The third kappa shape index (κ3) is 3.73. The molecular formula is C17H26ClN. The first-order chi connectivity index (χ1) is 9.15. The van der Waals surface area contributed by atoms with E-state index in [-0.39, 0.29) is 0 Å². The number of nitrogens with one attached hydrogen (secondary N) is 1. The smallest absolute Gasteiger partial charge is 0.0406 e. The summed E-state index contributed by atoms with van der Waals surface area (Å²) in [5.41, 5.74) is 1.78. The number of hydrogen-bond acceptors (Lipinski definition) is 1. The second kappa shape index (κ2) is 6.76. The van der Waals surface area contributed by atoms with Crippen LogP contribution >= 0.6 is 11.6 Å². The van der Waals surface area contributed by atoms with E-state index >= 15 is 0 Å². The van der Waals surface area contributed by atoms with Gasteiger partial charge in [-0.1, -0.05) is 56.8 Å². The molecule has 1 aliphatic carbocycles. The normalized spacial score (nSPS) is 20.2. The van der Waals surface area contributed by atoms with Crippen LogP contribution in [0.2, 0.25) is 5.02 Å². The Labute approximate surface area is 122 Å². The monoisotopic (exact) mass is 279 g/mol. The van der Waals surface area contributed by atoms with Gasteiger partial charge in [0, 0.05) is 11.1 Å². The van der Waals surface area contributed by atoms with Crippen LogP contribution < -0.4 is 5.32 Å². The van der Waals surface area contributed by atoms with Gasteiger partial charge in [-0.2, -0.15) is 0 Å². The molecule has 0 amide bonds. The summed E-state index contributed by atoms with van der Waals surface area (Å²) in [5, 5.41) is 4.60. The molecule has 0 bridgehead atoms. The van der Waals surface area contributed by atoms with Crippen LogP contribution in [0.4, 0.5) is 0 Å². The van der Waals surface area contributed by atoms with Crippen LogP contribution in [-0.2, 0) is 0 Å². The Balaban J connectivity index is 2.21. The van der Waals surface area contributed by atoms with Crippen molar-refractivity contribution in [2.24, 2.45) is 5.41 Å². The van der Waals surface area contributed by atoms with Crippen LogP contribution in [0.1, 0.15) is 64.0 Å². The molecule has 1 unspecified atom stereocenters. The van der Waals surface area contributed by atoms with Crippen molar-refractivity contribution in [3.8, 4) is 0 Å². The average Bonchev–Trinajstić information content (AvgIpc) is 2.42. The zero-order valence-electron chi connectivity index (χ0n) is 12.2. The average molecular weight is 280 g/mol. The third-order valence-corrected chi connectivity index (χ3v) is 4.75. The second-order valence-electron chi connectivity index (χ2n) is 6.15. The minimum absolute atomic E-state index is 0.390. The highest BCUT2D eigenvalue weighted by molar-refractivity contribution is 6.30. The lowest BCUT2D eigenvalue weighted by atomic mass is 9.68. The number of benzene rings is 1. The van der Waals surface area contributed by atoms with Gasteiger partial charge in [-0.3, -0.25) is 0 Å². The first kappa shape index (κ1) is 14.9. The Morgan fingerprint density at radius 3 is 2.37 bits per heavy atom. The summed E-state index contributed by atoms with van der Waals surface area (Å²) in [5.74, 6) is 0. The lowest BCUT2D eigenvalue weighted by Crippen LogP contribution is -2.38. The van der Waals surface area contributed by atoms with Crippen molar-refractivity contribution < 1.29 is 0 Å². The van der Waals surface area contributed by atoms with Crippen LogP contribution in [0.3, 0.4) is 0 Å². The van der Waals surface area contributed by atoms with Crippen LogP contribution in [0.25, 0.3) is 0 Å². The topological polar surface area (TPSA) is 12.0 Å². The molecule has 0 heterocycles. The Hall–Kier alpha value is -0.530. The highest BCUT2D eigenvalue weighted by Gasteiger charge is 2.35. The zero-order chi connectivity index (χ0) is 13.7. The first-order valence-corrected chi connectivity index (χ1v) is 8.02. The summed E-state index contributed by atoms with van der Waals surface area (Å²) in [6.07, 6.45) is 7.98. The van der Waals surface area contributed by atoms with Gasteiger partial charge in [0.25, 0.3) is 0 Å². The fraction of sp³-hybridized carbons (Fsp3) is 0.647. The van der Waals surface area contributed by atoms with E-state index in [9.17, 15) is 0 Å². The Morgan fingerprint density at radius 2 is 1.79 bits per heavy atom. The van der Waals surface area contributed by atoms with Crippen LogP contribution in [-0.4, -0.2) is 6.54 Å². The maximum atomic E-state index is 6.02. The SMILES string of the molecule is CCCNC(c1ccc(Cl)cc1)C1(C)CCCCC1. The van der Waals surface area contributed by atoms with Gasteiger partial charge in [-0.15, -0.1) is 0 Å². The van der Waals surface area contributed by atoms with Gasteiger partial charge in [-0.25, -0.2) is 0 Å². The van der Waals surface area contributed by atoms with Gasteiger partial charge >= 0.3 is 0 Å². The van der Waals surface area contributed by atoms with Gasteiger partial charge in [0.1, 0.15) is 0 Å². The van der Waals surface area contributed by atoms with Crippen LogP contribution in [0.15, 0.2) is 24.3 Å². The van der Waals surface area contributed by atoms with Crippen molar-refractivity contribution >= 4 is 11.6 Å². The number of rotatable bonds is 5. The van der Waals surface area contributed by atoms with Crippen molar-refractivity contribution in [3.05, 3.63) is 34.9 Å². The van der Waals surface area contributed by atoms with E-state index in [0.717, 1.165) is 11.6 Å². The molecule has 1 fully saturated rings. The van der Waals surface area contributed by atoms with Gasteiger partial charge in [0.15, 0.2) is 0 Å². The molecule has 0 spiro atoms. The van der Waals surface area contributed by atoms with Gasteiger partial charge in [0.2, 0.25) is 0 Å². The minimum Gasteiger partial charge on any atom is -0.309 e. The molecule has 1 aromatic rings. The van der Waals surface area contributed by atoms with E-state index in [1.54, 1.807) is 0 Å². The van der Waals surface area contributed by atoms with Crippen molar-refractivity contribution in [1.82, 2.24) is 5.32 Å². The van der Waals surface area contributed by atoms with Crippen molar-refractivity contribution in [2.75, 3.05) is 6.54 Å². The maximum Gasteiger partial charge on any atom is 0.0406 e. The Kier molecular flexibility index (Phi) is 5.29. The number of hydrogen-bond donors (Lipinski definition) is 1. The van der Waals surface area contributed by atoms with E-state index in [2.05, 4.69) is 31.3 Å². The molecule has 1 aromatic carbocycles. The molecule has 2 rings (SSSR count). The molecule has 1 aliphatic rings. The molecule has 0 aromatic heterocycles. The van der Waals surface area contributed by atoms with E-state index in [1.165, 1.54) is 44.1 Å². The molecular weight excluding hydrogens is 254 g/mol. The van der Waals surface area contributed by atoms with E-state index in [1.807, 2.05) is 12.1 Å². The molecule has 19 heavy (non-hydrogen) atoms. The fourth-order valence-corrected chi connectivity index (χ4v) is 3.48.